The van der Waals surface area contributed by atoms with Crippen LogP contribution in [0.25, 0.3) is 0 Å². The molecule has 2 N–H and O–H groups in total. The highest BCUT2D eigenvalue weighted by Crippen LogP contribution is 2.17. The SMILES string of the molecule is Cc1[nH]nc(CCC(=O)N[C@@H]2CCCN(Cc3cccs3)C2)c1C. The summed E-state index contributed by atoms with van der Waals surface area (Å²) < 4.78 is 0. The molecule has 2 aromatic heterocycles. The molecular formula is C18H26N4OS. The van der Waals surface area contributed by atoms with E-state index in [-0.39, 0.29) is 11.9 Å². The second-order valence-corrected chi connectivity index (χ2v) is 7.67. The average molecular weight is 347 g/mol. The van der Waals surface area contributed by atoms with Gasteiger partial charge in [-0.3, -0.25) is 14.8 Å². The van der Waals surface area contributed by atoms with Crippen LogP contribution in [0.15, 0.2) is 17.5 Å². The van der Waals surface area contributed by atoms with Crippen molar-refractivity contribution in [3.8, 4) is 0 Å². The van der Waals surface area contributed by atoms with Crippen LogP contribution in [0, 0.1) is 13.8 Å². The third kappa shape index (κ3) is 4.45. The van der Waals surface area contributed by atoms with Crippen LogP contribution in [0.3, 0.4) is 0 Å². The van der Waals surface area contributed by atoms with E-state index in [1.807, 2.05) is 6.92 Å². The Labute approximate surface area is 147 Å². The van der Waals surface area contributed by atoms with E-state index < -0.39 is 0 Å². The van der Waals surface area contributed by atoms with E-state index in [0.29, 0.717) is 12.8 Å². The molecule has 130 valence electrons. The van der Waals surface area contributed by atoms with Crippen molar-refractivity contribution in [1.29, 1.82) is 0 Å². The number of likely N-dealkylation sites (tertiary alicyclic amines) is 1. The number of H-pyrrole nitrogens is 1. The number of rotatable bonds is 6. The molecule has 1 saturated heterocycles. The number of carbonyl (C=O) groups is 1. The molecule has 5 nitrogen and oxygen atoms in total. The van der Waals surface area contributed by atoms with Gasteiger partial charge >= 0.3 is 0 Å². The van der Waals surface area contributed by atoms with Crippen molar-refractivity contribution in [1.82, 2.24) is 20.4 Å². The van der Waals surface area contributed by atoms with E-state index >= 15 is 0 Å². The van der Waals surface area contributed by atoms with Gasteiger partial charge in [0.1, 0.15) is 0 Å². The van der Waals surface area contributed by atoms with E-state index in [1.165, 1.54) is 10.4 Å². The van der Waals surface area contributed by atoms with Crippen LogP contribution < -0.4 is 5.32 Å². The number of aromatic nitrogens is 2. The number of thiophene rings is 1. The first-order valence-corrected chi connectivity index (χ1v) is 9.54. The van der Waals surface area contributed by atoms with Gasteiger partial charge in [-0.05, 0) is 50.2 Å². The lowest BCUT2D eigenvalue weighted by atomic mass is 10.0. The van der Waals surface area contributed by atoms with E-state index in [9.17, 15) is 4.79 Å². The highest BCUT2D eigenvalue weighted by atomic mass is 32.1. The summed E-state index contributed by atoms with van der Waals surface area (Å²) in [5, 5.41) is 12.6. The molecule has 6 heteroatoms. The summed E-state index contributed by atoms with van der Waals surface area (Å²) in [7, 11) is 0. The number of hydrogen-bond acceptors (Lipinski definition) is 4. The first kappa shape index (κ1) is 17.2. The van der Waals surface area contributed by atoms with Crippen LogP contribution in [-0.2, 0) is 17.8 Å². The van der Waals surface area contributed by atoms with Crippen molar-refractivity contribution < 1.29 is 4.79 Å². The lowest BCUT2D eigenvalue weighted by molar-refractivity contribution is -0.122. The van der Waals surface area contributed by atoms with Gasteiger partial charge in [0.15, 0.2) is 0 Å². The summed E-state index contributed by atoms with van der Waals surface area (Å²) in [6, 6.07) is 4.55. The standard InChI is InChI=1S/C18H26N4OS/c1-13-14(2)20-21-17(13)7-8-18(23)19-15-5-3-9-22(11-15)12-16-6-4-10-24-16/h4,6,10,15H,3,5,7-9,11-12H2,1-2H3,(H,19,23)(H,20,21)/t15-/m1/s1. The third-order valence-electron chi connectivity index (χ3n) is 4.77. The Morgan fingerprint density at radius 3 is 3.08 bits per heavy atom. The molecule has 1 amide bonds. The fraction of sp³-hybridized carbons (Fsp3) is 0.556. The van der Waals surface area contributed by atoms with E-state index in [1.54, 1.807) is 11.3 Å². The molecule has 1 aliphatic rings. The molecule has 0 spiro atoms. The van der Waals surface area contributed by atoms with E-state index in [4.69, 9.17) is 0 Å². The van der Waals surface area contributed by atoms with Gasteiger partial charge in [-0.25, -0.2) is 0 Å². The van der Waals surface area contributed by atoms with Crippen LogP contribution in [0.2, 0.25) is 0 Å². The Bertz CT molecular complexity index is 665. The predicted octanol–water partition coefficient (Wildman–Crippen LogP) is 2.80. The second-order valence-electron chi connectivity index (χ2n) is 6.64. The zero-order valence-corrected chi connectivity index (χ0v) is 15.3. The number of piperidine rings is 1. The molecule has 0 saturated carbocycles. The monoisotopic (exact) mass is 346 g/mol. The zero-order chi connectivity index (χ0) is 16.9. The topological polar surface area (TPSA) is 61.0 Å². The van der Waals surface area contributed by atoms with Crippen LogP contribution in [0.5, 0.6) is 0 Å². The molecule has 0 unspecified atom stereocenters. The summed E-state index contributed by atoms with van der Waals surface area (Å²) in [5.74, 6) is 0.137. The molecule has 3 rings (SSSR count). The first-order chi connectivity index (χ1) is 11.6. The summed E-state index contributed by atoms with van der Waals surface area (Å²) >= 11 is 1.80. The molecule has 1 aliphatic heterocycles. The summed E-state index contributed by atoms with van der Waals surface area (Å²) in [6.45, 7) is 7.13. The normalized spacial score (nSPS) is 18.7. The van der Waals surface area contributed by atoms with Gasteiger partial charge in [0.2, 0.25) is 5.91 Å². The summed E-state index contributed by atoms with van der Waals surface area (Å²) in [5.41, 5.74) is 3.26. The maximum Gasteiger partial charge on any atom is 0.220 e. The molecule has 3 heterocycles. The largest absolute Gasteiger partial charge is 0.352 e. The third-order valence-corrected chi connectivity index (χ3v) is 5.63. The minimum atomic E-state index is 0.137. The Kier molecular flexibility index (Phi) is 5.68. The second kappa shape index (κ2) is 7.94. The Morgan fingerprint density at radius 2 is 2.38 bits per heavy atom. The minimum absolute atomic E-state index is 0.137. The number of aromatic amines is 1. The van der Waals surface area contributed by atoms with Crippen LogP contribution in [0.1, 0.15) is 41.1 Å². The number of carbonyl (C=O) groups excluding carboxylic acids is 1. The van der Waals surface area contributed by atoms with Gasteiger partial charge in [0, 0.05) is 42.5 Å². The average Bonchev–Trinajstić information content (AvgIpc) is 3.17. The van der Waals surface area contributed by atoms with Gasteiger partial charge in [0.25, 0.3) is 0 Å². The number of nitrogens with one attached hydrogen (secondary N) is 2. The van der Waals surface area contributed by atoms with Crippen molar-refractivity contribution >= 4 is 17.2 Å². The van der Waals surface area contributed by atoms with Crippen molar-refractivity contribution in [2.45, 2.75) is 52.1 Å². The van der Waals surface area contributed by atoms with Crippen molar-refractivity contribution in [2.75, 3.05) is 13.1 Å². The maximum atomic E-state index is 12.3. The smallest absolute Gasteiger partial charge is 0.220 e. The summed E-state index contributed by atoms with van der Waals surface area (Å²) in [6.07, 6.45) is 3.43. The van der Waals surface area contributed by atoms with Gasteiger partial charge < -0.3 is 5.32 Å². The van der Waals surface area contributed by atoms with Crippen LogP contribution >= 0.6 is 11.3 Å². The molecule has 1 fully saturated rings. The molecular weight excluding hydrogens is 320 g/mol. The lowest BCUT2D eigenvalue weighted by Gasteiger charge is -2.32. The van der Waals surface area contributed by atoms with Gasteiger partial charge in [-0.1, -0.05) is 6.07 Å². The highest BCUT2D eigenvalue weighted by Gasteiger charge is 2.21. The highest BCUT2D eigenvalue weighted by molar-refractivity contribution is 7.09. The molecule has 0 aliphatic carbocycles. The number of amides is 1. The van der Waals surface area contributed by atoms with Crippen LogP contribution in [0.4, 0.5) is 0 Å². The molecule has 2 aromatic rings. The van der Waals surface area contributed by atoms with E-state index in [2.05, 4.69) is 44.9 Å². The fourth-order valence-corrected chi connectivity index (χ4v) is 4.00. The van der Waals surface area contributed by atoms with Gasteiger partial charge in [-0.2, -0.15) is 5.10 Å². The molecule has 24 heavy (non-hydrogen) atoms. The Balaban J connectivity index is 1.44. The number of nitrogens with zero attached hydrogens (tertiary/aromatic N) is 2. The minimum Gasteiger partial charge on any atom is -0.352 e. The zero-order valence-electron chi connectivity index (χ0n) is 14.5. The number of hydrogen-bond donors (Lipinski definition) is 2. The number of aryl methyl sites for hydroxylation is 2. The Hall–Kier alpha value is -1.66. The van der Waals surface area contributed by atoms with Gasteiger partial charge in [0.05, 0.1) is 5.69 Å². The molecule has 0 aromatic carbocycles. The van der Waals surface area contributed by atoms with Crippen LogP contribution in [-0.4, -0.2) is 40.1 Å². The first-order valence-electron chi connectivity index (χ1n) is 8.66. The summed E-state index contributed by atoms with van der Waals surface area (Å²) in [4.78, 5) is 16.1. The maximum absolute atomic E-state index is 12.3. The molecule has 0 bridgehead atoms. The Morgan fingerprint density at radius 1 is 1.50 bits per heavy atom. The quantitative estimate of drug-likeness (QED) is 0.845. The van der Waals surface area contributed by atoms with Crippen molar-refractivity contribution in [2.24, 2.45) is 0 Å². The van der Waals surface area contributed by atoms with Crippen molar-refractivity contribution in [3.05, 3.63) is 39.3 Å². The fourth-order valence-electron chi connectivity index (χ4n) is 3.25. The predicted molar refractivity (Wildman–Crippen MR) is 97.1 cm³/mol. The van der Waals surface area contributed by atoms with Crippen molar-refractivity contribution in [3.63, 3.8) is 0 Å². The lowest BCUT2D eigenvalue weighted by Crippen LogP contribution is -2.47. The molecule has 0 radical (unpaired) electrons. The van der Waals surface area contributed by atoms with Gasteiger partial charge in [-0.15, -0.1) is 11.3 Å². The molecule has 1 atom stereocenters. The van der Waals surface area contributed by atoms with E-state index in [0.717, 1.165) is 43.9 Å².